The van der Waals surface area contributed by atoms with E-state index >= 15 is 0 Å². The molecule has 2 aromatic heterocycles. The Morgan fingerprint density at radius 1 is 1.33 bits per heavy atom. The minimum absolute atomic E-state index is 0.00410. The molecule has 0 fully saturated rings. The fraction of sp³-hybridized carbons (Fsp3) is 0.333. The maximum absolute atomic E-state index is 10.8. The zero-order valence-electron chi connectivity index (χ0n) is 13.5. The van der Waals surface area contributed by atoms with Gasteiger partial charge in [0.05, 0.1) is 4.92 Å². The van der Waals surface area contributed by atoms with Gasteiger partial charge < -0.3 is 4.52 Å². The first-order valence-electron chi connectivity index (χ1n) is 7.30. The van der Waals surface area contributed by atoms with E-state index in [1.54, 1.807) is 16.8 Å². The molecule has 0 N–H and O–H groups in total. The summed E-state index contributed by atoms with van der Waals surface area (Å²) in [5, 5.41) is 19.1. The van der Waals surface area contributed by atoms with Crippen LogP contribution in [0.1, 0.15) is 32.5 Å². The van der Waals surface area contributed by atoms with Crippen LogP contribution in [0.15, 0.2) is 35.1 Å². The van der Waals surface area contributed by atoms with Gasteiger partial charge in [-0.05, 0) is 0 Å². The summed E-state index contributed by atoms with van der Waals surface area (Å²) in [6.07, 6.45) is 1.52. The van der Waals surface area contributed by atoms with Crippen molar-refractivity contribution in [3.8, 4) is 11.4 Å². The third-order valence-electron chi connectivity index (χ3n) is 3.29. The van der Waals surface area contributed by atoms with Crippen LogP contribution in [0.3, 0.4) is 0 Å². The Morgan fingerprint density at radius 2 is 2.12 bits per heavy atom. The van der Waals surface area contributed by atoms with Gasteiger partial charge in [0, 0.05) is 23.1 Å². The van der Waals surface area contributed by atoms with E-state index in [1.165, 1.54) is 18.5 Å². The van der Waals surface area contributed by atoms with Crippen LogP contribution in [0.4, 0.5) is 5.69 Å². The summed E-state index contributed by atoms with van der Waals surface area (Å²) in [6, 6.07) is 6.18. The lowest BCUT2D eigenvalue weighted by Crippen LogP contribution is -2.13. The minimum Gasteiger partial charge on any atom is -0.337 e. The molecule has 0 radical (unpaired) electrons. The normalized spacial score (nSPS) is 11.6. The van der Waals surface area contributed by atoms with Crippen LogP contribution >= 0.6 is 0 Å². The highest BCUT2D eigenvalue weighted by atomic mass is 16.6. The molecular formula is C15H16N6O3. The fourth-order valence-electron chi connectivity index (χ4n) is 2.02. The number of aromatic nitrogens is 5. The SMILES string of the molecule is CC(C)(C)c1noc(Cn2cnc(-c3cccc([N+](=O)[O-])c3)n2)n1. The third kappa shape index (κ3) is 3.29. The Labute approximate surface area is 137 Å². The van der Waals surface area contributed by atoms with E-state index in [0.717, 1.165) is 0 Å². The summed E-state index contributed by atoms with van der Waals surface area (Å²) in [5.41, 5.74) is 0.373. The molecule has 9 heteroatoms. The summed E-state index contributed by atoms with van der Waals surface area (Å²) in [5.74, 6) is 1.45. The summed E-state index contributed by atoms with van der Waals surface area (Å²) in [7, 11) is 0. The second-order valence-electron chi connectivity index (χ2n) is 6.33. The lowest BCUT2D eigenvalue weighted by Gasteiger charge is -2.10. The van der Waals surface area contributed by atoms with Crippen LogP contribution in [-0.2, 0) is 12.0 Å². The molecule has 0 amide bonds. The second kappa shape index (κ2) is 5.84. The van der Waals surface area contributed by atoms with Gasteiger partial charge >= 0.3 is 0 Å². The van der Waals surface area contributed by atoms with Crippen molar-refractivity contribution in [2.45, 2.75) is 32.7 Å². The molecule has 0 atom stereocenters. The first-order chi connectivity index (χ1) is 11.3. The molecule has 1 aromatic carbocycles. The Balaban J connectivity index is 1.80. The minimum atomic E-state index is -0.451. The molecule has 0 aliphatic rings. The summed E-state index contributed by atoms with van der Waals surface area (Å²) >= 11 is 0. The number of non-ortho nitro benzene ring substituents is 1. The van der Waals surface area contributed by atoms with E-state index in [1.807, 2.05) is 20.8 Å². The molecule has 24 heavy (non-hydrogen) atoms. The van der Waals surface area contributed by atoms with Gasteiger partial charge in [-0.3, -0.25) is 10.1 Å². The predicted octanol–water partition coefficient (Wildman–Crippen LogP) is 2.58. The molecule has 0 saturated heterocycles. The number of benzene rings is 1. The lowest BCUT2D eigenvalue weighted by molar-refractivity contribution is -0.384. The molecule has 0 bridgehead atoms. The van der Waals surface area contributed by atoms with E-state index in [2.05, 4.69) is 20.2 Å². The molecule has 0 unspecified atom stereocenters. The first-order valence-corrected chi connectivity index (χ1v) is 7.30. The van der Waals surface area contributed by atoms with E-state index in [4.69, 9.17) is 4.52 Å². The number of nitro groups is 1. The summed E-state index contributed by atoms with van der Waals surface area (Å²) < 4.78 is 6.77. The molecule has 2 heterocycles. The first kappa shape index (κ1) is 15.8. The van der Waals surface area contributed by atoms with Crippen LogP contribution in [-0.4, -0.2) is 29.8 Å². The highest BCUT2D eigenvalue weighted by molar-refractivity contribution is 5.58. The number of hydrogen-bond donors (Lipinski definition) is 0. The summed E-state index contributed by atoms with van der Waals surface area (Å²) in [4.78, 5) is 18.9. The van der Waals surface area contributed by atoms with Gasteiger partial charge in [-0.15, -0.1) is 0 Å². The van der Waals surface area contributed by atoms with E-state index < -0.39 is 4.92 Å². The highest BCUT2D eigenvalue weighted by Crippen LogP contribution is 2.21. The fourth-order valence-corrected chi connectivity index (χ4v) is 2.02. The molecule has 124 valence electrons. The van der Waals surface area contributed by atoms with Crippen LogP contribution in [0.2, 0.25) is 0 Å². The molecule has 3 rings (SSSR count). The van der Waals surface area contributed by atoms with Crippen molar-refractivity contribution < 1.29 is 9.45 Å². The van der Waals surface area contributed by atoms with E-state index in [9.17, 15) is 10.1 Å². The van der Waals surface area contributed by atoms with Crippen LogP contribution in [0.5, 0.6) is 0 Å². The smallest absolute Gasteiger partial charge is 0.270 e. The number of nitro benzene ring substituents is 1. The molecule has 0 saturated carbocycles. The molecule has 0 spiro atoms. The molecule has 0 aliphatic carbocycles. The van der Waals surface area contributed by atoms with Crippen molar-refractivity contribution in [1.82, 2.24) is 24.9 Å². The summed E-state index contributed by atoms with van der Waals surface area (Å²) in [6.45, 7) is 6.28. The largest absolute Gasteiger partial charge is 0.337 e. The lowest BCUT2D eigenvalue weighted by atomic mass is 9.96. The molecule has 3 aromatic rings. The van der Waals surface area contributed by atoms with Gasteiger partial charge in [0.15, 0.2) is 11.6 Å². The quantitative estimate of drug-likeness (QED) is 0.534. The van der Waals surface area contributed by atoms with Crippen molar-refractivity contribution in [1.29, 1.82) is 0 Å². The van der Waals surface area contributed by atoms with Crippen molar-refractivity contribution in [2.75, 3.05) is 0 Å². The Hall–Kier alpha value is -3.10. The highest BCUT2D eigenvalue weighted by Gasteiger charge is 2.21. The van der Waals surface area contributed by atoms with Gasteiger partial charge in [-0.1, -0.05) is 38.1 Å². The van der Waals surface area contributed by atoms with Gasteiger partial charge in [0.25, 0.3) is 5.69 Å². The average Bonchev–Trinajstić information content (AvgIpc) is 3.17. The van der Waals surface area contributed by atoms with E-state index in [-0.39, 0.29) is 17.6 Å². The van der Waals surface area contributed by atoms with Crippen molar-refractivity contribution >= 4 is 5.69 Å². The molecular weight excluding hydrogens is 312 g/mol. The van der Waals surface area contributed by atoms with Crippen molar-refractivity contribution in [3.63, 3.8) is 0 Å². The van der Waals surface area contributed by atoms with Crippen LogP contribution < -0.4 is 0 Å². The van der Waals surface area contributed by atoms with Gasteiger partial charge in [-0.25, -0.2) is 9.67 Å². The Bertz CT molecular complexity index is 877. The number of nitrogens with zero attached hydrogens (tertiary/aromatic N) is 6. The standard InChI is InChI=1S/C15H16N6O3/c1-15(2,3)14-17-12(24-19-14)8-20-9-16-13(18-20)10-5-4-6-11(7-10)21(22)23/h4-7,9H,8H2,1-3H3. The number of rotatable bonds is 4. The Morgan fingerprint density at radius 3 is 2.79 bits per heavy atom. The van der Waals surface area contributed by atoms with Crippen LogP contribution in [0.25, 0.3) is 11.4 Å². The number of hydrogen-bond acceptors (Lipinski definition) is 7. The van der Waals surface area contributed by atoms with Gasteiger partial charge in [0.2, 0.25) is 5.89 Å². The molecule has 0 aliphatic heterocycles. The van der Waals surface area contributed by atoms with Crippen molar-refractivity contribution in [2.24, 2.45) is 0 Å². The van der Waals surface area contributed by atoms with Crippen LogP contribution in [0, 0.1) is 10.1 Å². The van der Waals surface area contributed by atoms with Gasteiger partial charge in [0.1, 0.15) is 12.9 Å². The molecule has 9 nitrogen and oxygen atoms in total. The van der Waals surface area contributed by atoms with Crippen molar-refractivity contribution in [3.05, 3.63) is 52.4 Å². The monoisotopic (exact) mass is 328 g/mol. The maximum atomic E-state index is 10.8. The maximum Gasteiger partial charge on any atom is 0.270 e. The van der Waals surface area contributed by atoms with E-state index in [0.29, 0.717) is 23.1 Å². The average molecular weight is 328 g/mol. The zero-order chi connectivity index (χ0) is 17.3. The third-order valence-corrected chi connectivity index (χ3v) is 3.29. The zero-order valence-corrected chi connectivity index (χ0v) is 13.5. The topological polar surface area (TPSA) is 113 Å². The second-order valence-corrected chi connectivity index (χ2v) is 6.33. The van der Waals surface area contributed by atoms with Gasteiger partial charge in [-0.2, -0.15) is 10.1 Å². The Kier molecular flexibility index (Phi) is 3.84. The predicted molar refractivity (Wildman–Crippen MR) is 84.2 cm³/mol.